The zero-order chi connectivity index (χ0) is 30.2. The molecule has 218 valence electrons. The highest BCUT2D eigenvalue weighted by atomic mass is 19.4. The molecule has 1 aromatic heterocycles. The van der Waals surface area contributed by atoms with Crippen LogP contribution < -0.4 is 20.5 Å². The third kappa shape index (κ3) is 5.41. The van der Waals surface area contributed by atoms with Gasteiger partial charge in [-0.2, -0.15) is 13.2 Å². The van der Waals surface area contributed by atoms with E-state index in [1.54, 1.807) is 12.1 Å². The summed E-state index contributed by atoms with van der Waals surface area (Å²) in [5.41, 5.74) is -0.423. The number of methoxy groups -OCH3 is 1. The van der Waals surface area contributed by atoms with Crippen molar-refractivity contribution in [3.05, 3.63) is 106 Å². The molecule has 1 heterocycles. The number of aryl methyl sites for hydroxylation is 1. The standard InChI is InChI=1S/C31H27F4N3O4/c1-19(39)36-23-11-13-30(32,14-12-23)38-25-17-22(31(33,34)35)16-24(28(25)37(2)29(38)40)21-9-10-26(27(15-21)41-3)42-18-20-7-5-4-6-8-20/h4-13,15-17H,14,18H2,1-3H3,(H,36,39). The van der Waals surface area contributed by atoms with E-state index in [4.69, 9.17) is 9.47 Å². The molecule has 4 aromatic rings. The number of rotatable bonds is 7. The first kappa shape index (κ1) is 28.7. The van der Waals surface area contributed by atoms with Crippen LogP contribution in [0.25, 0.3) is 22.2 Å². The molecule has 0 saturated heterocycles. The molecule has 1 aliphatic carbocycles. The van der Waals surface area contributed by atoms with Gasteiger partial charge < -0.3 is 14.8 Å². The van der Waals surface area contributed by atoms with Gasteiger partial charge in [-0.15, -0.1) is 0 Å². The van der Waals surface area contributed by atoms with E-state index in [0.717, 1.165) is 28.3 Å². The zero-order valence-corrected chi connectivity index (χ0v) is 23.0. The molecule has 7 nitrogen and oxygen atoms in total. The van der Waals surface area contributed by atoms with Gasteiger partial charge in [0.25, 0.3) is 0 Å². The molecule has 11 heteroatoms. The van der Waals surface area contributed by atoms with Gasteiger partial charge in [0, 0.05) is 31.7 Å². The number of benzene rings is 3. The number of ether oxygens (including phenoxy) is 2. The fourth-order valence-corrected chi connectivity index (χ4v) is 4.99. The fraction of sp³-hybridized carbons (Fsp3) is 0.226. The molecule has 0 aliphatic heterocycles. The Labute approximate surface area is 238 Å². The summed E-state index contributed by atoms with van der Waals surface area (Å²) in [6.45, 7) is 1.53. The topological polar surface area (TPSA) is 74.5 Å². The third-order valence-corrected chi connectivity index (χ3v) is 7.00. The number of imidazole rings is 1. The predicted molar refractivity (Wildman–Crippen MR) is 150 cm³/mol. The summed E-state index contributed by atoms with van der Waals surface area (Å²) >= 11 is 0. The second-order valence-corrected chi connectivity index (χ2v) is 9.90. The molecule has 3 aromatic carbocycles. The van der Waals surface area contributed by atoms with E-state index in [1.165, 1.54) is 39.3 Å². The smallest absolute Gasteiger partial charge is 0.416 e. The minimum Gasteiger partial charge on any atom is -0.493 e. The Morgan fingerprint density at radius 1 is 1.07 bits per heavy atom. The van der Waals surface area contributed by atoms with E-state index in [1.807, 2.05) is 30.3 Å². The molecule has 0 fully saturated rings. The Morgan fingerprint density at radius 3 is 2.43 bits per heavy atom. The molecule has 5 rings (SSSR count). The van der Waals surface area contributed by atoms with Gasteiger partial charge in [0.15, 0.2) is 11.5 Å². The lowest BCUT2D eigenvalue weighted by Gasteiger charge is -2.26. The average Bonchev–Trinajstić information content (AvgIpc) is 3.22. The highest BCUT2D eigenvalue weighted by Gasteiger charge is 2.38. The van der Waals surface area contributed by atoms with Crippen molar-refractivity contribution in [2.45, 2.75) is 31.9 Å². The SMILES string of the molecule is COc1cc(-c2cc(C(F)(F)F)cc3c2n(C)c(=O)n3C2(F)C=CC(NC(C)=O)=CC2)ccc1OCc1ccccc1. The Hall–Kier alpha value is -4.80. The fourth-order valence-electron chi connectivity index (χ4n) is 4.99. The molecule has 0 saturated carbocycles. The number of carbonyl (C=O) groups excluding carboxylic acids is 1. The van der Waals surface area contributed by atoms with Gasteiger partial charge in [-0.05, 0) is 47.5 Å². The van der Waals surface area contributed by atoms with Gasteiger partial charge in [0.2, 0.25) is 11.7 Å². The van der Waals surface area contributed by atoms with Gasteiger partial charge in [0.05, 0.1) is 23.7 Å². The van der Waals surface area contributed by atoms with Gasteiger partial charge in [-0.1, -0.05) is 42.5 Å². The predicted octanol–water partition coefficient (Wildman–Crippen LogP) is 6.22. The number of carbonyl (C=O) groups is 1. The van der Waals surface area contributed by atoms with E-state index < -0.39 is 23.2 Å². The number of nitrogens with zero attached hydrogens (tertiary/aromatic N) is 2. The van der Waals surface area contributed by atoms with Crippen LogP contribution in [0.15, 0.2) is 89.4 Å². The van der Waals surface area contributed by atoms with Crippen molar-refractivity contribution in [2.24, 2.45) is 7.05 Å². The number of halogens is 4. The maximum absolute atomic E-state index is 16.4. The molecule has 1 unspecified atom stereocenters. The Balaban J connectivity index is 1.64. The number of hydrogen-bond donors (Lipinski definition) is 1. The first-order valence-electron chi connectivity index (χ1n) is 13.0. The molecule has 1 atom stereocenters. The van der Waals surface area contributed by atoms with E-state index in [2.05, 4.69) is 5.32 Å². The molecule has 0 spiro atoms. The van der Waals surface area contributed by atoms with Gasteiger partial charge in [0.1, 0.15) is 6.61 Å². The van der Waals surface area contributed by atoms with E-state index in [-0.39, 0.29) is 41.3 Å². The minimum atomic E-state index is -4.78. The number of aromatic nitrogens is 2. The maximum Gasteiger partial charge on any atom is 0.416 e. The highest BCUT2D eigenvalue weighted by Crippen LogP contribution is 2.41. The van der Waals surface area contributed by atoms with Crippen molar-refractivity contribution in [1.29, 1.82) is 0 Å². The van der Waals surface area contributed by atoms with E-state index >= 15 is 4.39 Å². The first-order valence-corrected chi connectivity index (χ1v) is 13.0. The van der Waals surface area contributed by atoms with Crippen molar-refractivity contribution >= 4 is 16.9 Å². The Morgan fingerprint density at radius 2 is 1.81 bits per heavy atom. The van der Waals surface area contributed by atoms with Crippen LogP contribution in [-0.2, 0) is 30.4 Å². The summed E-state index contributed by atoms with van der Waals surface area (Å²) in [4.78, 5) is 24.8. The lowest BCUT2D eigenvalue weighted by atomic mass is 9.99. The number of amides is 1. The van der Waals surface area contributed by atoms with Crippen molar-refractivity contribution in [1.82, 2.24) is 14.5 Å². The lowest BCUT2D eigenvalue weighted by Crippen LogP contribution is -2.37. The maximum atomic E-state index is 16.4. The molecule has 1 amide bonds. The second kappa shape index (κ2) is 10.9. The van der Waals surface area contributed by atoms with Crippen LogP contribution in [0, 0.1) is 0 Å². The zero-order valence-electron chi connectivity index (χ0n) is 23.0. The van der Waals surface area contributed by atoms with Crippen LogP contribution in [0.3, 0.4) is 0 Å². The lowest BCUT2D eigenvalue weighted by molar-refractivity contribution is -0.137. The summed E-state index contributed by atoms with van der Waals surface area (Å²) in [6.07, 6.45) is -1.46. The second-order valence-electron chi connectivity index (χ2n) is 9.90. The molecule has 1 N–H and O–H groups in total. The number of nitrogens with one attached hydrogen (secondary N) is 1. The molecule has 1 aliphatic rings. The van der Waals surface area contributed by atoms with Gasteiger partial charge in [-0.25, -0.2) is 9.18 Å². The molecule has 0 radical (unpaired) electrons. The molecular weight excluding hydrogens is 554 g/mol. The van der Waals surface area contributed by atoms with Crippen LogP contribution in [0.1, 0.15) is 24.5 Å². The van der Waals surface area contributed by atoms with Crippen LogP contribution in [0.4, 0.5) is 17.6 Å². The largest absolute Gasteiger partial charge is 0.493 e. The summed E-state index contributed by atoms with van der Waals surface area (Å²) in [5.74, 6) is -2.21. The van der Waals surface area contributed by atoms with E-state index in [9.17, 15) is 22.8 Å². The molecular formula is C31H27F4N3O4. The number of fused-ring (bicyclic) bond motifs is 1. The van der Waals surface area contributed by atoms with Crippen LogP contribution in [0.2, 0.25) is 0 Å². The summed E-state index contributed by atoms with van der Waals surface area (Å²) in [6, 6.07) is 15.8. The van der Waals surface area contributed by atoms with Crippen LogP contribution in [-0.4, -0.2) is 22.2 Å². The summed E-state index contributed by atoms with van der Waals surface area (Å²) in [7, 11) is 2.79. The van der Waals surface area contributed by atoms with Gasteiger partial charge >= 0.3 is 11.9 Å². The van der Waals surface area contributed by atoms with Crippen molar-refractivity contribution < 1.29 is 31.8 Å². The Bertz CT molecular complexity index is 1790. The monoisotopic (exact) mass is 581 g/mol. The molecule has 42 heavy (non-hydrogen) atoms. The highest BCUT2D eigenvalue weighted by molar-refractivity contribution is 5.94. The third-order valence-electron chi connectivity index (χ3n) is 7.00. The van der Waals surface area contributed by atoms with E-state index in [0.29, 0.717) is 21.6 Å². The average molecular weight is 582 g/mol. The summed E-state index contributed by atoms with van der Waals surface area (Å²) < 4.78 is 72.0. The number of allylic oxidation sites excluding steroid dienone is 3. The van der Waals surface area contributed by atoms with Gasteiger partial charge in [-0.3, -0.25) is 13.9 Å². The van der Waals surface area contributed by atoms with Crippen LogP contribution >= 0.6 is 0 Å². The number of hydrogen-bond acceptors (Lipinski definition) is 4. The number of alkyl halides is 4. The first-order chi connectivity index (χ1) is 19.9. The van der Waals surface area contributed by atoms with Crippen LogP contribution in [0.5, 0.6) is 11.5 Å². The van der Waals surface area contributed by atoms with Crippen molar-refractivity contribution in [3.8, 4) is 22.6 Å². The minimum absolute atomic E-state index is 0.0592. The summed E-state index contributed by atoms with van der Waals surface area (Å²) in [5, 5.41) is 2.53. The Kier molecular flexibility index (Phi) is 7.44. The quantitative estimate of drug-likeness (QED) is 0.263. The molecule has 0 bridgehead atoms. The van der Waals surface area contributed by atoms with Crippen molar-refractivity contribution in [2.75, 3.05) is 7.11 Å². The van der Waals surface area contributed by atoms with Crippen molar-refractivity contribution in [3.63, 3.8) is 0 Å². The normalized spacial score (nSPS) is 16.8.